The predicted octanol–water partition coefficient (Wildman–Crippen LogP) is 14.5. The third kappa shape index (κ3) is 4.54. The highest BCUT2D eigenvalue weighted by atomic mass is 15.0. The lowest BCUT2D eigenvalue weighted by Gasteiger charge is -2.42. The molecule has 1 aliphatic carbocycles. The van der Waals surface area contributed by atoms with E-state index in [1.165, 1.54) is 112 Å². The average Bonchev–Trinajstić information content (AvgIpc) is 3.86. The maximum Gasteiger partial charge on any atom is 0.0561 e. The van der Waals surface area contributed by atoms with E-state index in [9.17, 15) is 0 Å². The summed E-state index contributed by atoms with van der Waals surface area (Å²) in [6, 6.07) is 61.3. The van der Waals surface area contributed by atoms with E-state index in [2.05, 4.69) is 205 Å². The fourth-order valence-corrected chi connectivity index (χ4v) is 10.4. The number of para-hydroxylation sites is 3. The van der Waals surface area contributed by atoms with Gasteiger partial charge in [0.1, 0.15) is 0 Å². The van der Waals surface area contributed by atoms with E-state index < -0.39 is 0 Å². The summed E-state index contributed by atoms with van der Waals surface area (Å²) < 4.78 is 7.48. The van der Waals surface area contributed by atoms with Crippen molar-refractivity contribution in [1.82, 2.24) is 13.7 Å². The highest BCUT2D eigenvalue weighted by Gasteiger charge is 2.38. The molecule has 3 heterocycles. The first-order chi connectivity index (χ1) is 27.8. The number of rotatable bonds is 3. The second-order valence-corrected chi connectivity index (χ2v) is 17.6. The minimum absolute atomic E-state index is 0.102. The van der Waals surface area contributed by atoms with Crippen molar-refractivity contribution < 1.29 is 0 Å². The highest BCUT2D eigenvalue weighted by molar-refractivity contribution is 6.25. The second-order valence-electron chi connectivity index (χ2n) is 17.6. The normalized spacial score (nSPS) is 15.2. The zero-order valence-corrected chi connectivity index (χ0v) is 32.8. The largest absolute Gasteiger partial charge is 0.309 e. The molecule has 274 valence electrons. The SMILES string of the molecule is CC1(C)CCC(C)(C)c2cc3c(cc21)c1cc2c(cc1n3-c1ccccc1)c1c3ccccc3ccc1n2-c1ccc2c3ccccc3n(-c3ccccc3)c2c1. The van der Waals surface area contributed by atoms with Gasteiger partial charge in [-0.2, -0.15) is 0 Å². The third-order valence-corrected chi connectivity index (χ3v) is 13.5. The van der Waals surface area contributed by atoms with Crippen LogP contribution in [0, 0.1) is 0 Å². The molecule has 12 rings (SSSR count). The van der Waals surface area contributed by atoms with Crippen LogP contribution in [-0.2, 0) is 10.8 Å². The van der Waals surface area contributed by atoms with Gasteiger partial charge in [-0.25, -0.2) is 0 Å². The van der Waals surface area contributed by atoms with Crippen molar-refractivity contribution in [1.29, 1.82) is 0 Å². The Bertz CT molecular complexity index is 3440. The Kier molecular flexibility index (Phi) is 6.58. The van der Waals surface area contributed by atoms with Gasteiger partial charge in [0.25, 0.3) is 0 Å². The molecular weight excluding hydrogens is 691 g/mol. The molecule has 3 aromatic heterocycles. The van der Waals surface area contributed by atoms with E-state index >= 15 is 0 Å². The van der Waals surface area contributed by atoms with Crippen LogP contribution in [0.15, 0.2) is 164 Å². The van der Waals surface area contributed by atoms with Gasteiger partial charge in [-0.3, -0.25) is 0 Å². The summed E-state index contributed by atoms with van der Waals surface area (Å²) in [7, 11) is 0. The molecule has 3 nitrogen and oxygen atoms in total. The molecule has 0 radical (unpaired) electrons. The summed E-state index contributed by atoms with van der Waals surface area (Å²) in [6.07, 6.45) is 2.37. The number of aromatic nitrogens is 3. The Labute approximate surface area is 332 Å². The molecule has 0 bridgehead atoms. The van der Waals surface area contributed by atoms with Crippen LogP contribution in [0.3, 0.4) is 0 Å². The van der Waals surface area contributed by atoms with E-state index in [1.807, 2.05) is 0 Å². The summed E-state index contributed by atoms with van der Waals surface area (Å²) in [5.74, 6) is 0. The fraction of sp³-hybridized carbons (Fsp3) is 0.148. The van der Waals surface area contributed by atoms with Crippen LogP contribution >= 0.6 is 0 Å². The Morgan fingerprint density at radius 3 is 1.58 bits per heavy atom. The summed E-state index contributed by atoms with van der Waals surface area (Å²) >= 11 is 0. The van der Waals surface area contributed by atoms with Crippen LogP contribution in [0.2, 0.25) is 0 Å². The van der Waals surface area contributed by atoms with Crippen LogP contribution in [0.25, 0.3) is 93.3 Å². The van der Waals surface area contributed by atoms with Crippen molar-refractivity contribution in [3.63, 3.8) is 0 Å². The second kappa shape index (κ2) is 11.5. The molecule has 0 saturated heterocycles. The third-order valence-electron chi connectivity index (χ3n) is 13.5. The van der Waals surface area contributed by atoms with Gasteiger partial charge in [-0.15, -0.1) is 0 Å². The van der Waals surface area contributed by atoms with Gasteiger partial charge in [0, 0.05) is 49.4 Å². The van der Waals surface area contributed by atoms with Crippen molar-refractivity contribution in [3.05, 3.63) is 175 Å². The van der Waals surface area contributed by atoms with Crippen molar-refractivity contribution in [2.45, 2.75) is 51.4 Å². The summed E-state index contributed by atoms with van der Waals surface area (Å²) in [5.41, 5.74) is 14.1. The van der Waals surface area contributed by atoms with Crippen LogP contribution in [0.5, 0.6) is 0 Å². The lowest BCUT2D eigenvalue weighted by atomic mass is 9.63. The summed E-state index contributed by atoms with van der Waals surface area (Å²) in [4.78, 5) is 0. The van der Waals surface area contributed by atoms with Gasteiger partial charge in [0.05, 0.1) is 33.1 Å². The number of benzene rings is 8. The molecule has 3 heteroatoms. The van der Waals surface area contributed by atoms with Crippen LogP contribution in [0.1, 0.15) is 51.7 Å². The van der Waals surface area contributed by atoms with Crippen LogP contribution in [0.4, 0.5) is 0 Å². The number of hydrogen-bond acceptors (Lipinski definition) is 0. The van der Waals surface area contributed by atoms with Gasteiger partial charge < -0.3 is 13.7 Å². The van der Waals surface area contributed by atoms with Crippen molar-refractivity contribution in [2.75, 3.05) is 0 Å². The van der Waals surface area contributed by atoms with Gasteiger partial charge in [-0.05, 0) is 118 Å². The quantitative estimate of drug-likeness (QED) is 0.172. The van der Waals surface area contributed by atoms with Crippen LogP contribution < -0.4 is 0 Å². The minimum atomic E-state index is 0.102. The predicted molar refractivity (Wildman–Crippen MR) is 242 cm³/mol. The van der Waals surface area contributed by atoms with Crippen molar-refractivity contribution >= 4 is 76.2 Å². The number of hydrogen-bond donors (Lipinski definition) is 0. The minimum Gasteiger partial charge on any atom is -0.309 e. The molecule has 0 fully saturated rings. The molecule has 0 N–H and O–H groups in total. The first kappa shape index (κ1) is 32.6. The first-order valence-electron chi connectivity index (χ1n) is 20.4. The van der Waals surface area contributed by atoms with Crippen molar-refractivity contribution in [2.24, 2.45) is 0 Å². The Morgan fingerprint density at radius 1 is 0.333 bits per heavy atom. The maximum atomic E-state index is 2.56. The monoisotopic (exact) mass is 733 g/mol. The highest BCUT2D eigenvalue weighted by Crippen LogP contribution is 2.50. The van der Waals surface area contributed by atoms with Crippen molar-refractivity contribution in [3.8, 4) is 17.1 Å². The van der Waals surface area contributed by atoms with Gasteiger partial charge in [0.2, 0.25) is 0 Å². The summed E-state index contributed by atoms with van der Waals surface area (Å²) in [6.45, 7) is 9.75. The molecule has 0 saturated carbocycles. The molecule has 0 atom stereocenters. The van der Waals surface area contributed by atoms with Gasteiger partial charge in [-0.1, -0.05) is 119 Å². The smallest absolute Gasteiger partial charge is 0.0561 e. The van der Waals surface area contributed by atoms with E-state index in [4.69, 9.17) is 0 Å². The summed E-state index contributed by atoms with van der Waals surface area (Å²) in [5, 5.41) is 10.2. The maximum absolute atomic E-state index is 2.56. The molecule has 0 unspecified atom stereocenters. The zero-order chi connectivity index (χ0) is 38.2. The average molecular weight is 734 g/mol. The van der Waals surface area contributed by atoms with Gasteiger partial charge in [0.15, 0.2) is 0 Å². The lowest BCUT2D eigenvalue weighted by Crippen LogP contribution is -2.33. The number of nitrogens with zero attached hydrogens (tertiary/aromatic N) is 3. The Hall–Kier alpha value is -6.58. The Morgan fingerprint density at radius 2 is 0.842 bits per heavy atom. The molecule has 0 amide bonds. The fourth-order valence-electron chi connectivity index (χ4n) is 10.4. The lowest BCUT2D eigenvalue weighted by molar-refractivity contribution is 0.332. The number of fused-ring (bicyclic) bond motifs is 12. The standard InChI is InChI=1S/C54H43N3/c1-53(2)27-28-54(3,4)45-33-51-41(30-44(45)53)42-31-50-43(32-49(42)56(51)36-18-9-6-10-19-36)52-38-20-12-11-15-34(38)23-26-47(52)57(50)37-24-25-40-39-21-13-14-22-46(39)55(48(40)29-37)35-16-7-5-8-17-35/h5-26,29-33H,27-28H2,1-4H3. The molecular formula is C54H43N3. The van der Waals surface area contributed by atoms with Gasteiger partial charge >= 0.3 is 0 Å². The Balaban J connectivity index is 1.25. The first-order valence-corrected chi connectivity index (χ1v) is 20.4. The molecule has 1 aliphatic rings. The van der Waals surface area contributed by atoms with E-state index in [1.54, 1.807) is 0 Å². The molecule has 0 spiro atoms. The molecule has 11 aromatic rings. The van der Waals surface area contributed by atoms with E-state index in [0.29, 0.717) is 0 Å². The molecule has 8 aromatic carbocycles. The van der Waals surface area contributed by atoms with E-state index in [-0.39, 0.29) is 10.8 Å². The van der Waals surface area contributed by atoms with E-state index in [0.717, 1.165) is 5.69 Å². The molecule has 57 heavy (non-hydrogen) atoms. The van der Waals surface area contributed by atoms with Crippen LogP contribution in [-0.4, -0.2) is 13.7 Å². The zero-order valence-electron chi connectivity index (χ0n) is 32.8. The molecule has 0 aliphatic heterocycles. The topological polar surface area (TPSA) is 14.8 Å².